The summed E-state index contributed by atoms with van der Waals surface area (Å²) in [5.41, 5.74) is 2.32. The second kappa shape index (κ2) is 5.48. The minimum absolute atomic E-state index is 0.0805. The van der Waals surface area contributed by atoms with Crippen molar-refractivity contribution < 1.29 is 14.6 Å². The summed E-state index contributed by atoms with van der Waals surface area (Å²) in [6, 6.07) is 15.2. The van der Waals surface area contributed by atoms with E-state index in [9.17, 15) is 4.79 Å². The molecule has 108 valence electrons. The molecule has 3 rings (SSSR count). The number of carboxylic acid groups (broad SMARTS) is 1. The van der Waals surface area contributed by atoms with Gasteiger partial charge in [0.2, 0.25) is 0 Å². The lowest BCUT2D eigenvalue weighted by atomic mass is 10.1. The summed E-state index contributed by atoms with van der Waals surface area (Å²) in [4.78, 5) is 13.3. The minimum atomic E-state index is -0.920. The van der Waals surface area contributed by atoms with E-state index in [2.05, 4.69) is 17.0 Å². The molecule has 0 amide bonds. The quantitative estimate of drug-likeness (QED) is 0.940. The van der Waals surface area contributed by atoms with Crippen LogP contribution in [0.2, 0.25) is 0 Å². The average molecular weight is 283 g/mol. The third-order valence-electron chi connectivity index (χ3n) is 3.57. The zero-order valence-electron chi connectivity index (χ0n) is 11.8. The molecule has 0 aliphatic carbocycles. The van der Waals surface area contributed by atoms with E-state index in [1.54, 1.807) is 18.2 Å². The first-order valence-corrected chi connectivity index (χ1v) is 6.96. The summed E-state index contributed by atoms with van der Waals surface area (Å²) < 4.78 is 5.80. The molecule has 1 N–H and O–H groups in total. The molecule has 4 nitrogen and oxygen atoms in total. The van der Waals surface area contributed by atoms with E-state index in [-0.39, 0.29) is 11.7 Å². The molecule has 4 heteroatoms. The number of aromatic carboxylic acids is 1. The number of hydrogen-bond acceptors (Lipinski definition) is 3. The second-order valence-corrected chi connectivity index (χ2v) is 5.28. The van der Waals surface area contributed by atoms with E-state index in [1.807, 2.05) is 25.1 Å². The van der Waals surface area contributed by atoms with E-state index in [0.29, 0.717) is 0 Å². The Kier molecular flexibility index (Phi) is 3.52. The molecular weight excluding hydrogens is 266 g/mol. The summed E-state index contributed by atoms with van der Waals surface area (Å²) in [6.07, 6.45) is 0.0805. The third kappa shape index (κ3) is 2.84. The number of carboxylic acids is 1. The van der Waals surface area contributed by atoms with Crippen molar-refractivity contribution in [2.45, 2.75) is 19.6 Å². The Labute approximate surface area is 123 Å². The topological polar surface area (TPSA) is 49.8 Å². The van der Waals surface area contributed by atoms with E-state index >= 15 is 0 Å². The highest BCUT2D eigenvalue weighted by Gasteiger charge is 2.24. The second-order valence-electron chi connectivity index (χ2n) is 5.28. The Morgan fingerprint density at radius 2 is 2.05 bits per heavy atom. The fraction of sp³-hybridized carbons (Fsp3) is 0.235. The fourth-order valence-corrected chi connectivity index (χ4v) is 2.61. The van der Waals surface area contributed by atoms with Crippen LogP contribution in [-0.2, 0) is 6.54 Å². The molecule has 0 saturated heterocycles. The molecule has 1 atom stereocenters. The van der Waals surface area contributed by atoms with Crippen LogP contribution in [0.5, 0.6) is 5.75 Å². The summed E-state index contributed by atoms with van der Waals surface area (Å²) >= 11 is 0. The third-order valence-corrected chi connectivity index (χ3v) is 3.57. The van der Waals surface area contributed by atoms with Crippen molar-refractivity contribution in [3.8, 4) is 5.75 Å². The highest BCUT2D eigenvalue weighted by Crippen LogP contribution is 2.35. The highest BCUT2D eigenvalue weighted by atomic mass is 16.5. The molecule has 21 heavy (non-hydrogen) atoms. The molecule has 0 saturated carbocycles. The standard InChI is InChI=1S/C17H17NO3/c1-12-10-18(11-13-5-3-2-4-6-13)15-9-14(17(19)20)7-8-16(15)21-12/h2-9,12H,10-11H2,1H3,(H,19,20). The van der Waals surface area contributed by atoms with Crippen molar-refractivity contribution in [1.82, 2.24) is 0 Å². The van der Waals surface area contributed by atoms with Gasteiger partial charge in [0.25, 0.3) is 0 Å². The van der Waals surface area contributed by atoms with Gasteiger partial charge in [-0.1, -0.05) is 30.3 Å². The smallest absolute Gasteiger partial charge is 0.335 e. The van der Waals surface area contributed by atoms with Crippen molar-refractivity contribution in [3.05, 3.63) is 59.7 Å². The maximum atomic E-state index is 11.2. The maximum Gasteiger partial charge on any atom is 0.335 e. The number of hydrogen-bond donors (Lipinski definition) is 1. The van der Waals surface area contributed by atoms with E-state index in [4.69, 9.17) is 9.84 Å². The Bertz CT molecular complexity index is 654. The number of benzene rings is 2. The molecule has 0 fully saturated rings. The largest absolute Gasteiger partial charge is 0.487 e. The van der Waals surface area contributed by atoms with Gasteiger partial charge in [-0.25, -0.2) is 4.79 Å². The Morgan fingerprint density at radius 3 is 2.76 bits per heavy atom. The number of fused-ring (bicyclic) bond motifs is 1. The van der Waals surface area contributed by atoms with Crippen LogP contribution in [0.25, 0.3) is 0 Å². The lowest BCUT2D eigenvalue weighted by Crippen LogP contribution is -2.38. The average Bonchev–Trinajstić information content (AvgIpc) is 2.47. The lowest BCUT2D eigenvalue weighted by molar-refractivity contribution is 0.0697. The van der Waals surface area contributed by atoms with Gasteiger partial charge in [-0.05, 0) is 30.7 Å². The number of ether oxygens (including phenoxy) is 1. The van der Waals surface area contributed by atoms with Crippen LogP contribution >= 0.6 is 0 Å². The zero-order valence-corrected chi connectivity index (χ0v) is 11.8. The number of rotatable bonds is 3. The molecular formula is C17H17NO3. The highest BCUT2D eigenvalue weighted by molar-refractivity contribution is 5.89. The Balaban J connectivity index is 1.95. The van der Waals surface area contributed by atoms with Gasteiger partial charge in [-0.15, -0.1) is 0 Å². The van der Waals surface area contributed by atoms with Crippen molar-refractivity contribution >= 4 is 11.7 Å². The number of nitrogens with zero attached hydrogens (tertiary/aromatic N) is 1. The molecule has 1 aliphatic heterocycles. The van der Waals surface area contributed by atoms with Gasteiger partial charge >= 0.3 is 5.97 Å². The van der Waals surface area contributed by atoms with E-state index in [1.165, 1.54) is 5.56 Å². The predicted octanol–water partition coefficient (Wildman–Crippen LogP) is 3.17. The molecule has 1 aliphatic rings. The SMILES string of the molecule is CC1CN(Cc2ccccc2)c2cc(C(=O)O)ccc2O1. The molecule has 0 bridgehead atoms. The lowest BCUT2D eigenvalue weighted by Gasteiger charge is -2.35. The minimum Gasteiger partial charge on any atom is -0.487 e. The summed E-state index contributed by atoms with van der Waals surface area (Å²) in [5, 5.41) is 9.16. The van der Waals surface area contributed by atoms with Gasteiger partial charge in [0, 0.05) is 6.54 Å². The van der Waals surface area contributed by atoms with Crippen LogP contribution in [0.15, 0.2) is 48.5 Å². The summed E-state index contributed by atoms with van der Waals surface area (Å²) in [6.45, 7) is 3.50. The van der Waals surface area contributed by atoms with Gasteiger partial charge in [-0.2, -0.15) is 0 Å². The van der Waals surface area contributed by atoms with Crippen molar-refractivity contribution in [1.29, 1.82) is 0 Å². The predicted molar refractivity (Wildman–Crippen MR) is 81.0 cm³/mol. The van der Waals surface area contributed by atoms with Gasteiger partial charge in [0.1, 0.15) is 11.9 Å². The van der Waals surface area contributed by atoms with Crippen LogP contribution in [0.4, 0.5) is 5.69 Å². The van der Waals surface area contributed by atoms with E-state index in [0.717, 1.165) is 24.5 Å². The van der Waals surface area contributed by atoms with Crippen LogP contribution < -0.4 is 9.64 Å². The first-order chi connectivity index (χ1) is 10.1. The molecule has 1 heterocycles. The molecule has 2 aromatic rings. The molecule has 1 unspecified atom stereocenters. The van der Waals surface area contributed by atoms with Gasteiger partial charge in [0.05, 0.1) is 17.8 Å². The van der Waals surface area contributed by atoms with Crippen molar-refractivity contribution in [3.63, 3.8) is 0 Å². The summed E-state index contributed by atoms with van der Waals surface area (Å²) in [5.74, 6) is -0.175. The van der Waals surface area contributed by atoms with Crippen LogP contribution in [0.1, 0.15) is 22.8 Å². The zero-order chi connectivity index (χ0) is 14.8. The maximum absolute atomic E-state index is 11.2. The van der Waals surface area contributed by atoms with Crippen LogP contribution in [0.3, 0.4) is 0 Å². The molecule has 0 spiro atoms. The van der Waals surface area contributed by atoms with Crippen LogP contribution in [-0.4, -0.2) is 23.7 Å². The first kappa shape index (κ1) is 13.5. The summed E-state index contributed by atoms with van der Waals surface area (Å²) in [7, 11) is 0. The molecule has 0 aromatic heterocycles. The fourth-order valence-electron chi connectivity index (χ4n) is 2.61. The molecule has 2 aromatic carbocycles. The first-order valence-electron chi connectivity index (χ1n) is 6.96. The normalized spacial score (nSPS) is 17.0. The van der Waals surface area contributed by atoms with Gasteiger partial charge in [0.15, 0.2) is 0 Å². The Hall–Kier alpha value is -2.49. The van der Waals surface area contributed by atoms with Crippen LogP contribution in [0, 0.1) is 0 Å². The van der Waals surface area contributed by atoms with Gasteiger partial charge in [-0.3, -0.25) is 0 Å². The molecule has 0 radical (unpaired) electrons. The monoisotopic (exact) mass is 283 g/mol. The number of carbonyl (C=O) groups is 1. The Morgan fingerprint density at radius 1 is 1.29 bits per heavy atom. The number of anilines is 1. The van der Waals surface area contributed by atoms with Crippen molar-refractivity contribution in [2.75, 3.05) is 11.4 Å². The van der Waals surface area contributed by atoms with Crippen molar-refractivity contribution in [2.24, 2.45) is 0 Å². The van der Waals surface area contributed by atoms with E-state index < -0.39 is 5.97 Å². The van der Waals surface area contributed by atoms with Gasteiger partial charge < -0.3 is 14.7 Å².